The molecule has 0 amide bonds. The van der Waals surface area contributed by atoms with Gasteiger partial charge in [0.25, 0.3) is 0 Å². The minimum Gasteiger partial charge on any atom is -1.00 e. The van der Waals surface area contributed by atoms with Crippen LogP contribution in [0.25, 0.3) is 0 Å². The minimum absolute atomic E-state index is 0. The van der Waals surface area contributed by atoms with Crippen LogP contribution in [0, 0.1) is 0 Å². The molecule has 1 aromatic heterocycles. The molecular weight excluding hydrogens is 198 g/mol. The summed E-state index contributed by atoms with van der Waals surface area (Å²) in [6, 6.07) is 0.229. The average molecular weight is 218 g/mol. The highest BCUT2D eigenvalue weighted by atomic mass is 35.5. The van der Waals surface area contributed by atoms with Crippen LogP contribution < -0.4 is 22.7 Å². The van der Waals surface area contributed by atoms with E-state index >= 15 is 0 Å². The number of aryl methyl sites for hydroxylation is 1. The lowest BCUT2D eigenvalue weighted by Gasteiger charge is -1.99. The third-order valence-electron chi connectivity index (χ3n) is 2.01. The summed E-state index contributed by atoms with van der Waals surface area (Å²) in [5.74, 6) is 0. The summed E-state index contributed by atoms with van der Waals surface area (Å²) in [6.07, 6.45) is 8.80. The molecule has 0 bridgehead atoms. The third-order valence-corrected chi connectivity index (χ3v) is 2.01. The van der Waals surface area contributed by atoms with Gasteiger partial charge in [-0.3, -0.25) is 0 Å². The van der Waals surface area contributed by atoms with Crippen molar-refractivity contribution >= 4 is 0 Å². The minimum atomic E-state index is 0. The predicted octanol–water partition coefficient (Wildman–Crippen LogP) is -2.07. The highest BCUT2D eigenvalue weighted by molar-refractivity contribution is 4.66. The van der Waals surface area contributed by atoms with Crippen LogP contribution in [0.2, 0.25) is 0 Å². The van der Waals surface area contributed by atoms with Gasteiger partial charge in [0.15, 0.2) is 0 Å². The summed E-state index contributed by atoms with van der Waals surface area (Å²) in [5, 5.41) is 0. The number of rotatable bonds is 5. The molecule has 0 aliphatic carbocycles. The van der Waals surface area contributed by atoms with E-state index in [2.05, 4.69) is 34.8 Å². The molecule has 1 atom stereocenters. The van der Waals surface area contributed by atoms with Crippen LogP contribution in [0.4, 0.5) is 0 Å². The van der Waals surface area contributed by atoms with Gasteiger partial charge in [0.1, 0.15) is 18.9 Å². The molecule has 0 saturated heterocycles. The summed E-state index contributed by atoms with van der Waals surface area (Å²) in [7, 11) is 0. The van der Waals surface area contributed by atoms with E-state index < -0.39 is 0 Å². The molecule has 1 heterocycles. The van der Waals surface area contributed by atoms with Crippen LogP contribution in [-0.2, 0) is 13.1 Å². The van der Waals surface area contributed by atoms with Crippen molar-refractivity contribution in [3.05, 3.63) is 18.7 Å². The zero-order chi connectivity index (χ0) is 9.68. The van der Waals surface area contributed by atoms with Gasteiger partial charge >= 0.3 is 0 Å². The molecule has 0 radical (unpaired) electrons. The smallest absolute Gasteiger partial charge is 0.243 e. The van der Waals surface area contributed by atoms with E-state index in [1.807, 2.05) is 6.92 Å². The Hall–Kier alpha value is -0.540. The van der Waals surface area contributed by atoms with E-state index in [0.29, 0.717) is 0 Å². The maximum absolute atomic E-state index is 5.70. The van der Waals surface area contributed by atoms with Gasteiger partial charge < -0.3 is 18.1 Å². The number of unbranched alkanes of at least 4 members (excludes halogenated alkanes) is 1. The number of halogens is 1. The van der Waals surface area contributed by atoms with Gasteiger partial charge in [0, 0.05) is 6.04 Å². The summed E-state index contributed by atoms with van der Waals surface area (Å²) in [6.45, 7) is 6.25. The molecule has 0 fully saturated rings. The fourth-order valence-corrected chi connectivity index (χ4v) is 1.35. The second kappa shape index (κ2) is 6.85. The SMILES string of the molecule is CCCCn1cc[n+](C[C@H](C)N)c1.[Cl-]. The van der Waals surface area contributed by atoms with Crippen LogP contribution in [0.1, 0.15) is 26.7 Å². The Bertz CT molecular complexity index is 245. The Morgan fingerprint density at radius 3 is 2.79 bits per heavy atom. The molecule has 4 heteroatoms. The van der Waals surface area contributed by atoms with Crippen molar-refractivity contribution in [2.75, 3.05) is 0 Å². The predicted molar refractivity (Wildman–Crippen MR) is 53.2 cm³/mol. The number of imidazole rings is 1. The zero-order valence-electron chi connectivity index (χ0n) is 8.99. The molecule has 14 heavy (non-hydrogen) atoms. The van der Waals surface area contributed by atoms with Crippen LogP contribution >= 0.6 is 0 Å². The van der Waals surface area contributed by atoms with E-state index in [9.17, 15) is 0 Å². The number of nitrogens with zero attached hydrogens (tertiary/aromatic N) is 2. The molecule has 3 nitrogen and oxygen atoms in total. The lowest BCUT2D eigenvalue weighted by atomic mass is 10.3. The molecule has 0 spiro atoms. The van der Waals surface area contributed by atoms with Gasteiger partial charge in [0.05, 0.1) is 6.54 Å². The zero-order valence-corrected chi connectivity index (χ0v) is 9.74. The van der Waals surface area contributed by atoms with Crippen molar-refractivity contribution in [2.24, 2.45) is 5.73 Å². The maximum atomic E-state index is 5.70. The molecule has 0 aliphatic heterocycles. The average Bonchev–Trinajstić information content (AvgIpc) is 2.48. The van der Waals surface area contributed by atoms with E-state index in [4.69, 9.17) is 5.73 Å². The Kier molecular flexibility index (Phi) is 6.58. The summed E-state index contributed by atoms with van der Waals surface area (Å²) >= 11 is 0. The summed E-state index contributed by atoms with van der Waals surface area (Å²) < 4.78 is 4.35. The quantitative estimate of drug-likeness (QED) is 0.565. The lowest BCUT2D eigenvalue weighted by molar-refractivity contribution is -0.697. The van der Waals surface area contributed by atoms with Crippen molar-refractivity contribution in [3.8, 4) is 0 Å². The monoisotopic (exact) mass is 217 g/mol. The molecule has 1 aromatic rings. The fourth-order valence-electron chi connectivity index (χ4n) is 1.35. The fraction of sp³-hybridized carbons (Fsp3) is 0.700. The second-order valence-corrected chi connectivity index (χ2v) is 3.68. The Balaban J connectivity index is 0.00000169. The standard InChI is InChI=1S/C10H20N3.ClH/c1-3-4-5-12-6-7-13(9-12)8-10(2)11;/h6-7,9-10H,3-5,8,11H2,1-2H3;1H/q+1;/p-1/t10-;/m0./s1. The first kappa shape index (κ1) is 13.5. The molecule has 1 rings (SSSR count). The van der Waals surface area contributed by atoms with Gasteiger partial charge in [-0.15, -0.1) is 0 Å². The van der Waals surface area contributed by atoms with Crippen molar-refractivity contribution in [1.29, 1.82) is 0 Å². The largest absolute Gasteiger partial charge is 1.00 e. The lowest BCUT2D eigenvalue weighted by Crippen LogP contribution is -3.00. The highest BCUT2D eigenvalue weighted by Crippen LogP contribution is 1.92. The van der Waals surface area contributed by atoms with Crippen LogP contribution in [-0.4, -0.2) is 10.6 Å². The Labute approximate surface area is 92.3 Å². The molecule has 0 unspecified atom stereocenters. The number of nitrogens with two attached hydrogens (primary N) is 1. The molecule has 0 aromatic carbocycles. The maximum Gasteiger partial charge on any atom is 0.243 e. The first-order valence-corrected chi connectivity index (χ1v) is 5.02. The number of aromatic nitrogens is 2. The summed E-state index contributed by atoms with van der Waals surface area (Å²) in [5.41, 5.74) is 5.70. The van der Waals surface area contributed by atoms with Crippen LogP contribution in [0.5, 0.6) is 0 Å². The van der Waals surface area contributed by atoms with E-state index in [1.54, 1.807) is 0 Å². The number of hydrogen-bond acceptors (Lipinski definition) is 1. The van der Waals surface area contributed by atoms with Gasteiger partial charge in [-0.1, -0.05) is 13.3 Å². The van der Waals surface area contributed by atoms with Crippen molar-refractivity contribution in [2.45, 2.75) is 45.8 Å². The third kappa shape index (κ3) is 4.63. The van der Waals surface area contributed by atoms with E-state index in [0.717, 1.165) is 13.1 Å². The van der Waals surface area contributed by atoms with Gasteiger partial charge in [-0.2, -0.15) is 0 Å². The normalized spacial score (nSPS) is 12.2. The Morgan fingerprint density at radius 2 is 2.21 bits per heavy atom. The molecule has 0 saturated carbocycles. The molecule has 82 valence electrons. The van der Waals surface area contributed by atoms with Crippen LogP contribution in [0.3, 0.4) is 0 Å². The van der Waals surface area contributed by atoms with Crippen molar-refractivity contribution < 1.29 is 17.0 Å². The highest BCUT2D eigenvalue weighted by Gasteiger charge is 2.04. The summed E-state index contributed by atoms with van der Waals surface area (Å²) in [4.78, 5) is 0. The van der Waals surface area contributed by atoms with Crippen molar-refractivity contribution in [3.63, 3.8) is 0 Å². The Morgan fingerprint density at radius 1 is 1.50 bits per heavy atom. The first-order valence-electron chi connectivity index (χ1n) is 5.02. The first-order chi connectivity index (χ1) is 6.22. The van der Waals surface area contributed by atoms with Crippen molar-refractivity contribution in [1.82, 2.24) is 4.57 Å². The van der Waals surface area contributed by atoms with E-state index in [-0.39, 0.29) is 18.4 Å². The molecule has 2 N–H and O–H groups in total. The molecular formula is C10H20ClN3. The second-order valence-electron chi connectivity index (χ2n) is 3.68. The van der Waals surface area contributed by atoms with Crippen LogP contribution in [0.15, 0.2) is 18.7 Å². The number of hydrogen-bond donors (Lipinski definition) is 1. The topological polar surface area (TPSA) is 34.8 Å². The molecule has 0 aliphatic rings. The van der Waals surface area contributed by atoms with Gasteiger partial charge in [0.2, 0.25) is 6.33 Å². The van der Waals surface area contributed by atoms with Gasteiger partial charge in [-0.25, -0.2) is 9.13 Å². The van der Waals surface area contributed by atoms with E-state index in [1.165, 1.54) is 12.8 Å². The van der Waals surface area contributed by atoms with Gasteiger partial charge in [-0.05, 0) is 13.3 Å².